The molecule has 0 radical (unpaired) electrons. The third-order valence-electron chi connectivity index (χ3n) is 5.76. The Bertz CT molecular complexity index is 1100. The summed E-state index contributed by atoms with van der Waals surface area (Å²) in [6.07, 6.45) is 0. The lowest BCUT2D eigenvalue weighted by Crippen LogP contribution is -2.52. The maximum atomic E-state index is 13.1. The number of carbonyl (C=O) groups is 2. The monoisotopic (exact) mass is 442 g/mol. The molecule has 9 heteroatoms. The Hall–Kier alpha value is -2.75. The van der Waals surface area contributed by atoms with Gasteiger partial charge in [-0.25, -0.2) is 18.1 Å². The highest BCUT2D eigenvalue weighted by atomic mass is 32.2. The van der Waals surface area contributed by atoms with E-state index >= 15 is 0 Å². The van der Waals surface area contributed by atoms with E-state index in [9.17, 15) is 18.0 Å². The van der Waals surface area contributed by atoms with E-state index < -0.39 is 10.0 Å². The van der Waals surface area contributed by atoms with Gasteiger partial charge in [-0.05, 0) is 43.2 Å². The number of carbonyl (C=O) groups excluding carboxylic acids is 2. The van der Waals surface area contributed by atoms with Crippen LogP contribution >= 0.6 is 0 Å². The van der Waals surface area contributed by atoms with Crippen molar-refractivity contribution in [1.82, 2.24) is 14.1 Å². The molecule has 2 aliphatic rings. The molecule has 0 spiro atoms. The molecule has 0 bridgehead atoms. The predicted octanol–water partition coefficient (Wildman–Crippen LogP) is 2.04. The Morgan fingerprint density at radius 2 is 1.58 bits per heavy atom. The van der Waals surface area contributed by atoms with Crippen molar-refractivity contribution < 1.29 is 18.0 Å². The van der Waals surface area contributed by atoms with Crippen LogP contribution in [0.5, 0.6) is 0 Å². The average molecular weight is 443 g/mol. The molecule has 0 aromatic heterocycles. The molecule has 0 atom stereocenters. The number of amides is 3. The zero-order valence-electron chi connectivity index (χ0n) is 17.7. The summed E-state index contributed by atoms with van der Waals surface area (Å²) < 4.78 is 27.7. The number of urea groups is 1. The van der Waals surface area contributed by atoms with Crippen molar-refractivity contribution >= 4 is 27.6 Å². The lowest BCUT2D eigenvalue weighted by molar-refractivity contribution is -0.126. The van der Waals surface area contributed by atoms with Gasteiger partial charge in [0, 0.05) is 31.9 Å². The lowest BCUT2D eigenvalue weighted by atomic mass is 10.2. The van der Waals surface area contributed by atoms with Gasteiger partial charge in [-0.3, -0.25) is 14.6 Å². The van der Waals surface area contributed by atoms with Crippen LogP contribution in [-0.4, -0.2) is 73.9 Å². The number of sulfonamides is 1. The van der Waals surface area contributed by atoms with E-state index in [1.165, 1.54) is 14.1 Å². The Morgan fingerprint density at radius 3 is 2.26 bits per heavy atom. The molecule has 3 amide bonds. The zero-order chi connectivity index (χ0) is 22.2. The summed E-state index contributed by atoms with van der Waals surface area (Å²) in [5, 5.41) is 0. The van der Waals surface area contributed by atoms with Gasteiger partial charge >= 0.3 is 6.03 Å². The van der Waals surface area contributed by atoms with Gasteiger partial charge in [0.05, 0.1) is 11.6 Å². The molecule has 0 N–H and O–H groups in total. The number of anilines is 1. The Labute approximate surface area is 182 Å². The minimum absolute atomic E-state index is 0.0177. The van der Waals surface area contributed by atoms with Crippen LogP contribution in [0, 0.1) is 13.8 Å². The number of hydrogen-bond acceptors (Lipinski definition) is 5. The molecule has 2 aromatic rings. The van der Waals surface area contributed by atoms with Crippen molar-refractivity contribution in [1.29, 1.82) is 0 Å². The van der Waals surface area contributed by atoms with Gasteiger partial charge in [-0.2, -0.15) is 4.31 Å². The van der Waals surface area contributed by atoms with Crippen molar-refractivity contribution in [3.05, 3.63) is 59.7 Å². The van der Waals surface area contributed by atoms with Gasteiger partial charge in [-0.1, -0.05) is 30.3 Å². The first kappa shape index (κ1) is 21.5. The van der Waals surface area contributed by atoms with Crippen LogP contribution in [0.3, 0.4) is 0 Å². The Morgan fingerprint density at radius 1 is 0.903 bits per heavy atom. The fourth-order valence-electron chi connectivity index (χ4n) is 3.93. The standard InChI is InChI=1S/C22H26N4O4S/c1-17-8-9-18(2)20(14-17)31(29,30)24-12-10-23(11-13-24)16-26-21(27)15-25(22(26)28)19-6-4-3-5-7-19/h3-9,14H,10-13,15-16H2,1-2H3. The van der Waals surface area contributed by atoms with Gasteiger partial charge in [-0.15, -0.1) is 0 Å². The van der Waals surface area contributed by atoms with Crippen LogP contribution in [0.25, 0.3) is 0 Å². The summed E-state index contributed by atoms with van der Waals surface area (Å²) in [6.45, 7) is 5.38. The predicted molar refractivity (Wildman–Crippen MR) is 117 cm³/mol. The quantitative estimate of drug-likeness (QED) is 0.662. The fraction of sp³-hybridized carbons (Fsp3) is 0.364. The van der Waals surface area contributed by atoms with Gasteiger partial charge in [0.1, 0.15) is 6.54 Å². The first-order valence-electron chi connectivity index (χ1n) is 10.2. The molecule has 31 heavy (non-hydrogen) atoms. The highest BCUT2D eigenvalue weighted by Crippen LogP contribution is 2.24. The topological polar surface area (TPSA) is 81.2 Å². The third kappa shape index (κ3) is 4.21. The molecule has 2 fully saturated rings. The molecule has 2 aliphatic heterocycles. The van der Waals surface area contributed by atoms with E-state index in [0.29, 0.717) is 36.8 Å². The van der Waals surface area contributed by atoms with E-state index in [1.54, 1.807) is 25.1 Å². The van der Waals surface area contributed by atoms with Crippen LogP contribution in [0.4, 0.5) is 10.5 Å². The summed E-state index contributed by atoms with van der Waals surface area (Å²) in [5.74, 6) is -0.251. The smallest absolute Gasteiger partial charge is 0.285 e. The number of para-hydroxylation sites is 1. The van der Waals surface area contributed by atoms with Crippen LogP contribution in [-0.2, 0) is 14.8 Å². The Kier molecular flexibility index (Phi) is 5.83. The highest BCUT2D eigenvalue weighted by Gasteiger charge is 2.38. The van der Waals surface area contributed by atoms with E-state index in [-0.39, 0.29) is 25.2 Å². The number of piperazine rings is 1. The molecule has 0 aliphatic carbocycles. The SMILES string of the molecule is Cc1ccc(C)c(S(=O)(=O)N2CCN(CN3C(=O)CN(c4ccccc4)C3=O)CC2)c1. The number of rotatable bonds is 5. The second-order valence-corrected chi connectivity index (χ2v) is 9.86. The van der Waals surface area contributed by atoms with E-state index in [2.05, 4.69) is 0 Å². The molecule has 2 saturated heterocycles. The lowest BCUT2D eigenvalue weighted by Gasteiger charge is -2.35. The van der Waals surface area contributed by atoms with E-state index in [4.69, 9.17) is 0 Å². The van der Waals surface area contributed by atoms with Crippen LogP contribution in [0.2, 0.25) is 0 Å². The minimum atomic E-state index is -3.58. The molecule has 2 heterocycles. The number of imide groups is 1. The normalized spacial score (nSPS) is 18.8. The van der Waals surface area contributed by atoms with Crippen molar-refractivity contribution in [2.45, 2.75) is 18.7 Å². The Balaban J connectivity index is 1.40. The minimum Gasteiger partial charge on any atom is -0.285 e. The van der Waals surface area contributed by atoms with Crippen LogP contribution in [0.15, 0.2) is 53.4 Å². The number of aryl methyl sites for hydroxylation is 2. The van der Waals surface area contributed by atoms with Gasteiger partial charge in [0.2, 0.25) is 10.0 Å². The second kappa shape index (κ2) is 8.41. The fourth-order valence-corrected chi connectivity index (χ4v) is 5.66. The second-order valence-electron chi connectivity index (χ2n) is 7.96. The van der Waals surface area contributed by atoms with Crippen molar-refractivity contribution in [2.75, 3.05) is 44.3 Å². The summed E-state index contributed by atoms with van der Waals surface area (Å²) in [4.78, 5) is 30.2. The molecular formula is C22H26N4O4S. The maximum absolute atomic E-state index is 13.1. The summed E-state index contributed by atoms with van der Waals surface area (Å²) in [7, 11) is -3.58. The van der Waals surface area contributed by atoms with Gasteiger partial charge < -0.3 is 0 Å². The molecule has 2 aromatic carbocycles. The van der Waals surface area contributed by atoms with E-state index in [1.807, 2.05) is 42.2 Å². The number of nitrogens with zero attached hydrogens (tertiary/aromatic N) is 4. The molecule has 164 valence electrons. The number of hydrogen-bond donors (Lipinski definition) is 0. The zero-order valence-corrected chi connectivity index (χ0v) is 18.5. The van der Waals surface area contributed by atoms with Crippen molar-refractivity contribution in [3.8, 4) is 0 Å². The average Bonchev–Trinajstić information content (AvgIpc) is 3.04. The summed E-state index contributed by atoms with van der Waals surface area (Å²) >= 11 is 0. The van der Waals surface area contributed by atoms with Crippen LogP contribution in [0.1, 0.15) is 11.1 Å². The summed E-state index contributed by atoms with van der Waals surface area (Å²) in [6, 6.07) is 14.2. The first-order chi connectivity index (χ1) is 14.8. The third-order valence-corrected chi connectivity index (χ3v) is 7.80. The summed E-state index contributed by atoms with van der Waals surface area (Å²) in [5.41, 5.74) is 2.31. The van der Waals surface area contributed by atoms with Gasteiger partial charge in [0.15, 0.2) is 0 Å². The maximum Gasteiger partial charge on any atom is 0.332 e. The molecule has 8 nitrogen and oxygen atoms in total. The van der Waals surface area contributed by atoms with Crippen molar-refractivity contribution in [3.63, 3.8) is 0 Å². The highest BCUT2D eigenvalue weighted by molar-refractivity contribution is 7.89. The molecule has 0 unspecified atom stereocenters. The molecule has 4 rings (SSSR count). The van der Waals surface area contributed by atoms with E-state index in [0.717, 1.165) is 11.1 Å². The molecule has 0 saturated carbocycles. The molecular weight excluding hydrogens is 416 g/mol. The number of benzene rings is 2. The van der Waals surface area contributed by atoms with Crippen molar-refractivity contribution in [2.24, 2.45) is 0 Å². The van der Waals surface area contributed by atoms with Crippen LogP contribution < -0.4 is 4.90 Å². The largest absolute Gasteiger partial charge is 0.332 e. The van der Waals surface area contributed by atoms with Gasteiger partial charge in [0.25, 0.3) is 5.91 Å². The first-order valence-corrected chi connectivity index (χ1v) is 11.7.